The van der Waals surface area contributed by atoms with E-state index in [4.69, 9.17) is 0 Å². The van der Waals surface area contributed by atoms with E-state index in [-0.39, 0.29) is 19.2 Å². The van der Waals surface area contributed by atoms with E-state index >= 15 is 0 Å². The number of nitrogens with one attached hydrogen (secondary N) is 1. The Labute approximate surface area is 61.4 Å². The van der Waals surface area contributed by atoms with Crippen LogP contribution < -0.4 is 5.23 Å². The molecule has 4 heteroatoms. The third-order valence-electron chi connectivity index (χ3n) is 1.35. The predicted octanol–water partition coefficient (Wildman–Crippen LogP) is -0.515. The minimum absolute atomic E-state index is 0.0874. The first kappa shape index (κ1) is 9.36. The summed E-state index contributed by atoms with van der Waals surface area (Å²) in [7, 11) is 0.262. The zero-order valence-electron chi connectivity index (χ0n) is 6.39. The maximum absolute atomic E-state index is 10.7. The van der Waals surface area contributed by atoms with E-state index in [1.807, 2.05) is 6.92 Å². The van der Waals surface area contributed by atoms with Gasteiger partial charge in [-0.25, -0.2) is 0 Å². The molecule has 0 bridgehead atoms. The van der Waals surface area contributed by atoms with Crippen molar-refractivity contribution in [2.45, 2.75) is 26.3 Å². The van der Waals surface area contributed by atoms with Crippen molar-refractivity contribution in [3.05, 3.63) is 0 Å². The average Bonchev–Trinajstić information content (AvgIpc) is 1.89. The first-order chi connectivity index (χ1) is 4.72. The lowest BCUT2D eigenvalue weighted by molar-refractivity contribution is -0.118. The Morgan fingerprint density at radius 2 is 2.40 bits per heavy atom. The molecule has 0 aliphatic carbocycles. The number of hydrogen-bond donors (Lipinski definition) is 1. The second-order valence-electron chi connectivity index (χ2n) is 2.15. The Hall–Kier alpha value is -0.635. The highest BCUT2D eigenvalue weighted by molar-refractivity contribution is 6.64. The van der Waals surface area contributed by atoms with Gasteiger partial charge in [-0.05, 0) is 13.3 Å². The Balaban J connectivity index is 3.60. The zero-order valence-corrected chi connectivity index (χ0v) is 6.39. The van der Waals surface area contributed by atoms with E-state index in [2.05, 4.69) is 5.23 Å². The fraction of sp³-hybridized carbons (Fsp3) is 0.667. The lowest BCUT2D eigenvalue weighted by Crippen LogP contribution is -2.37. The molecule has 0 aliphatic heterocycles. The van der Waals surface area contributed by atoms with Gasteiger partial charge in [-0.3, -0.25) is 4.79 Å². The molecule has 0 unspecified atom stereocenters. The van der Waals surface area contributed by atoms with Crippen LogP contribution in [-0.2, 0) is 9.59 Å². The summed E-state index contributed by atoms with van der Waals surface area (Å²) in [5.74, 6) is 0.0874. The summed E-state index contributed by atoms with van der Waals surface area (Å²) in [6, 6.07) is -0.148. The molecule has 0 aromatic rings. The summed E-state index contributed by atoms with van der Waals surface area (Å²) >= 11 is 0. The van der Waals surface area contributed by atoms with Crippen molar-refractivity contribution in [3.63, 3.8) is 0 Å². The van der Waals surface area contributed by atoms with Gasteiger partial charge in [-0.2, -0.15) is 0 Å². The van der Waals surface area contributed by atoms with Gasteiger partial charge in [-0.15, -0.1) is 0 Å². The smallest absolute Gasteiger partial charge is 0.278 e. The number of carbonyl (C=O) groups is 2. The summed E-state index contributed by atoms with van der Waals surface area (Å²) in [6.45, 7) is 3.43. The van der Waals surface area contributed by atoms with Gasteiger partial charge in [0.05, 0.1) is 12.2 Å². The van der Waals surface area contributed by atoms with Crippen molar-refractivity contribution < 1.29 is 9.59 Å². The number of Topliss-reactive ketones (excluding diaryl/α,β-unsaturated/α-hetero) is 1. The molecule has 0 rings (SSSR count). The van der Waals surface area contributed by atoms with Crippen LogP contribution >= 0.6 is 0 Å². The molecule has 0 aromatic carbocycles. The first-order valence-corrected chi connectivity index (χ1v) is 3.39. The van der Waals surface area contributed by atoms with Crippen LogP contribution in [0.15, 0.2) is 0 Å². The van der Waals surface area contributed by atoms with E-state index < -0.39 is 0 Å². The van der Waals surface area contributed by atoms with E-state index in [0.717, 1.165) is 12.6 Å². The molecule has 0 aliphatic rings. The molecule has 10 heavy (non-hydrogen) atoms. The lowest BCUT2D eigenvalue weighted by atomic mass is 9.95. The van der Waals surface area contributed by atoms with Gasteiger partial charge in [0.2, 0.25) is 0 Å². The third kappa shape index (κ3) is 3.40. The van der Waals surface area contributed by atoms with Gasteiger partial charge < -0.3 is 10.0 Å². The van der Waals surface area contributed by atoms with Gasteiger partial charge in [0.25, 0.3) is 7.41 Å². The standard InChI is InChI=1S/C6H12BNO2/c1-3-6(5(2)10)8-7-4-9/h4,6-8H,3H2,1-2H3/t6-/m0/s1. The van der Waals surface area contributed by atoms with Gasteiger partial charge in [-0.1, -0.05) is 6.92 Å². The SMILES string of the molecule is CC[C@H](NBC=O)C(C)=O. The van der Waals surface area contributed by atoms with Crippen LogP contribution in [-0.4, -0.2) is 25.4 Å². The van der Waals surface area contributed by atoms with E-state index in [0.29, 0.717) is 0 Å². The summed E-state index contributed by atoms with van der Waals surface area (Å²) in [5.41, 5.74) is 0. The molecule has 0 spiro atoms. The van der Waals surface area contributed by atoms with Crippen molar-refractivity contribution in [1.29, 1.82) is 0 Å². The van der Waals surface area contributed by atoms with Crippen molar-refractivity contribution >= 4 is 19.4 Å². The minimum Gasteiger partial charge on any atom is -0.344 e. The molecular formula is C6H12BNO2. The molecule has 0 fully saturated rings. The van der Waals surface area contributed by atoms with Crippen molar-refractivity contribution in [1.82, 2.24) is 5.23 Å². The van der Waals surface area contributed by atoms with Crippen LogP contribution in [0.2, 0.25) is 0 Å². The molecular weight excluding hydrogens is 129 g/mol. The fourth-order valence-corrected chi connectivity index (χ4v) is 0.766. The number of ketones is 1. The van der Waals surface area contributed by atoms with Crippen LogP contribution in [0.4, 0.5) is 0 Å². The largest absolute Gasteiger partial charge is 0.344 e. The molecule has 0 heterocycles. The average molecular weight is 141 g/mol. The van der Waals surface area contributed by atoms with Crippen LogP contribution in [0.5, 0.6) is 0 Å². The van der Waals surface area contributed by atoms with Gasteiger partial charge in [0.15, 0.2) is 0 Å². The summed E-state index contributed by atoms with van der Waals surface area (Å²) in [6.07, 6.45) is 1.49. The second kappa shape index (κ2) is 5.17. The van der Waals surface area contributed by atoms with Gasteiger partial charge in [0, 0.05) is 0 Å². The molecule has 0 saturated heterocycles. The Kier molecular flexibility index (Phi) is 4.85. The van der Waals surface area contributed by atoms with Crippen molar-refractivity contribution in [2.24, 2.45) is 0 Å². The summed E-state index contributed by atoms with van der Waals surface area (Å²) in [5, 5.41) is 2.80. The Morgan fingerprint density at radius 3 is 2.70 bits per heavy atom. The van der Waals surface area contributed by atoms with Gasteiger partial charge >= 0.3 is 0 Å². The Bertz CT molecular complexity index is 127. The molecule has 0 aromatic heterocycles. The molecule has 0 amide bonds. The Morgan fingerprint density at radius 1 is 1.80 bits per heavy atom. The van der Waals surface area contributed by atoms with Gasteiger partial charge in [0.1, 0.15) is 5.78 Å². The maximum Gasteiger partial charge on any atom is 0.278 e. The highest BCUT2D eigenvalue weighted by atomic mass is 16.1. The highest BCUT2D eigenvalue weighted by Crippen LogP contribution is 1.89. The monoisotopic (exact) mass is 141 g/mol. The summed E-state index contributed by atoms with van der Waals surface area (Å²) < 4.78 is 0. The van der Waals surface area contributed by atoms with E-state index in [9.17, 15) is 9.59 Å². The van der Waals surface area contributed by atoms with E-state index in [1.54, 1.807) is 0 Å². The normalized spacial score (nSPS) is 12.2. The van der Waals surface area contributed by atoms with Crippen LogP contribution in [0.3, 0.4) is 0 Å². The minimum atomic E-state index is -0.148. The molecule has 3 nitrogen and oxygen atoms in total. The van der Waals surface area contributed by atoms with Crippen LogP contribution in [0.1, 0.15) is 20.3 Å². The molecule has 56 valence electrons. The quantitative estimate of drug-likeness (QED) is 0.414. The molecule has 0 saturated carbocycles. The summed E-state index contributed by atoms with van der Waals surface area (Å²) in [4.78, 5) is 20.6. The number of hydrogen-bond acceptors (Lipinski definition) is 3. The number of carbonyl (C=O) groups excluding carboxylic acids is 2. The molecule has 0 radical (unpaired) electrons. The third-order valence-corrected chi connectivity index (χ3v) is 1.35. The topological polar surface area (TPSA) is 46.2 Å². The first-order valence-electron chi connectivity index (χ1n) is 3.39. The predicted molar refractivity (Wildman–Crippen MR) is 41.8 cm³/mol. The van der Waals surface area contributed by atoms with E-state index in [1.165, 1.54) is 6.92 Å². The van der Waals surface area contributed by atoms with Crippen molar-refractivity contribution in [3.8, 4) is 0 Å². The molecule has 1 N–H and O–H groups in total. The fourth-order valence-electron chi connectivity index (χ4n) is 0.766. The van der Waals surface area contributed by atoms with Crippen LogP contribution in [0.25, 0.3) is 0 Å². The lowest BCUT2D eigenvalue weighted by Gasteiger charge is -2.09. The highest BCUT2D eigenvalue weighted by Gasteiger charge is 2.09. The van der Waals surface area contributed by atoms with Crippen molar-refractivity contribution in [2.75, 3.05) is 0 Å². The van der Waals surface area contributed by atoms with Crippen LogP contribution in [0, 0.1) is 0 Å². The maximum atomic E-state index is 10.7. The second-order valence-corrected chi connectivity index (χ2v) is 2.15. The number of rotatable bonds is 5. The molecule has 1 atom stereocenters. The zero-order chi connectivity index (χ0) is 7.98.